The summed E-state index contributed by atoms with van der Waals surface area (Å²) in [6, 6.07) is 0. The zero-order valence-electron chi connectivity index (χ0n) is 11.4. The van der Waals surface area contributed by atoms with Gasteiger partial charge >= 0.3 is 0 Å². The molecule has 0 unspecified atom stereocenters. The van der Waals surface area contributed by atoms with Crippen molar-refractivity contribution in [2.24, 2.45) is 10.8 Å². The van der Waals surface area contributed by atoms with Gasteiger partial charge in [0.1, 0.15) is 11.6 Å². The van der Waals surface area contributed by atoms with Crippen LogP contribution in [0.15, 0.2) is 29.3 Å². The molecule has 4 heteroatoms. The number of hydrazone groups is 1. The molecule has 0 aliphatic rings. The van der Waals surface area contributed by atoms with Crippen molar-refractivity contribution in [2.75, 3.05) is 7.11 Å². The molecule has 0 fully saturated rings. The van der Waals surface area contributed by atoms with Crippen LogP contribution in [-0.2, 0) is 4.74 Å². The van der Waals surface area contributed by atoms with Crippen molar-refractivity contribution in [2.45, 2.75) is 41.0 Å². The van der Waals surface area contributed by atoms with Gasteiger partial charge in [0, 0.05) is 12.1 Å². The summed E-state index contributed by atoms with van der Waals surface area (Å²) in [5.41, 5.74) is 6.28. The van der Waals surface area contributed by atoms with Crippen LogP contribution in [-0.4, -0.2) is 18.0 Å². The van der Waals surface area contributed by atoms with Gasteiger partial charge in [0.05, 0.1) is 13.3 Å². The van der Waals surface area contributed by atoms with E-state index in [1.165, 1.54) is 0 Å². The van der Waals surface area contributed by atoms with Crippen molar-refractivity contribution < 1.29 is 4.74 Å². The molecule has 0 saturated heterocycles. The van der Waals surface area contributed by atoms with E-state index < -0.39 is 0 Å². The highest BCUT2D eigenvalue weighted by Crippen LogP contribution is 2.09. The minimum atomic E-state index is 0.482. The van der Waals surface area contributed by atoms with Gasteiger partial charge in [-0.2, -0.15) is 5.10 Å². The Morgan fingerprint density at radius 3 is 2.19 bits per heavy atom. The largest absolute Gasteiger partial charge is 0.500 e. The molecule has 0 aromatic heterocycles. The highest BCUT2D eigenvalue weighted by molar-refractivity contribution is 5.77. The molecule has 0 atom stereocenters. The van der Waals surface area contributed by atoms with Crippen molar-refractivity contribution in [3.05, 3.63) is 24.2 Å². The third kappa shape index (κ3) is 7.91. The number of amidine groups is 1. The first-order valence-corrected chi connectivity index (χ1v) is 5.51. The van der Waals surface area contributed by atoms with Gasteiger partial charge in [0.25, 0.3) is 0 Å². The second-order valence-corrected chi connectivity index (χ2v) is 2.97. The van der Waals surface area contributed by atoms with E-state index in [9.17, 15) is 0 Å². The molecule has 0 rings (SSSR count). The zero-order valence-corrected chi connectivity index (χ0v) is 11.4. The summed E-state index contributed by atoms with van der Waals surface area (Å²) in [5, 5.41) is 5.69. The average Bonchev–Trinajstić information content (AvgIpc) is 2.26. The number of allylic oxidation sites excluding steroid dienone is 2. The molecule has 0 aliphatic heterocycles. The van der Waals surface area contributed by atoms with Crippen LogP contribution in [0.1, 0.15) is 41.0 Å². The molecule has 0 aromatic carbocycles. The molecule has 0 aliphatic carbocycles. The van der Waals surface area contributed by atoms with Gasteiger partial charge in [0.15, 0.2) is 0 Å². The van der Waals surface area contributed by atoms with Crippen LogP contribution in [0, 0.1) is 0 Å². The maximum atomic E-state index is 5.49. The van der Waals surface area contributed by atoms with Gasteiger partial charge in [-0.05, 0) is 13.8 Å². The quantitative estimate of drug-likeness (QED) is 0.340. The molecule has 94 valence electrons. The first-order chi connectivity index (χ1) is 7.51. The van der Waals surface area contributed by atoms with E-state index >= 15 is 0 Å². The monoisotopic (exact) mass is 227 g/mol. The molecule has 0 aromatic rings. The van der Waals surface area contributed by atoms with Crippen LogP contribution in [0.25, 0.3) is 0 Å². The Morgan fingerprint density at radius 2 is 1.94 bits per heavy atom. The smallest absolute Gasteiger partial charge is 0.117 e. The van der Waals surface area contributed by atoms with Crippen LogP contribution >= 0.6 is 0 Å². The van der Waals surface area contributed by atoms with Crippen LogP contribution in [0.4, 0.5) is 0 Å². The summed E-state index contributed by atoms with van der Waals surface area (Å²) in [7, 11) is 1.63. The Labute approximate surface area is 99.5 Å². The van der Waals surface area contributed by atoms with Crippen molar-refractivity contribution in [1.29, 1.82) is 0 Å². The van der Waals surface area contributed by atoms with Crippen LogP contribution in [0.2, 0.25) is 0 Å². The topological polar surface area (TPSA) is 50.8 Å². The van der Waals surface area contributed by atoms with E-state index in [1.54, 1.807) is 25.2 Å². The summed E-state index contributed by atoms with van der Waals surface area (Å²) >= 11 is 0. The lowest BCUT2D eigenvalue weighted by Crippen LogP contribution is -2.15. The second-order valence-electron chi connectivity index (χ2n) is 2.97. The third-order valence-corrected chi connectivity index (χ3v) is 1.53. The number of methoxy groups -OCH3 is 1. The lowest BCUT2D eigenvalue weighted by molar-refractivity contribution is 0.268. The molecule has 0 heterocycles. The average molecular weight is 227 g/mol. The summed E-state index contributed by atoms with van der Waals surface area (Å²) in [6.45, 7) is 13.4. The summed E-state index contributed by atoms with van der Waals surface area (Å²) in [4.78, 5) is 0. The molecule has 0 radical (unpaired) electrons. The maximum absolute atomic E-state index is 5.49. The molecule has 0 bridgehead atoms. The molecule has 16 heavy (non-hydrogen) atoms. The Balaban J connectivity index is 0. The van der Waals surface area contributed by atoms with Gasteiger partial charge in [-0.15, -0.1) is 0 Å². The van der Waals surface area contributed by atoms with E-state index in [0.29, 0.717) is 5.84 Å². The lowest BCUT2D eigenvalue weighted by atomic mass is 10.4. The van der Waals surface area contributed by atoms with E-state index in [2.05, 4.69) is 11.7 Å². The lowest BCUT2D eigenvalue weighted by Gasteiger charge is -2.15. The van der Waals surface area contributed by atoms with Crippen molar-refractivity contribution in [3.63, 3.8) is 0 Å². The van der Waals surface area contributed by atoms with Crippen LogP contribution in [0.3, 0.4) is 0 Å². The molecular formula is C12H25N3O. The minimum absolute atomic E-state index is 0.482. The van der Waals surface area contributed by atoms with Gasteiger partial charge in [-0.25, -0.2) is 5.01 Å². The van der Waals surface area contributed by atoms with Crippen molar-refractivity contribution in [3.8, 4) is 0 Å². The number of ether oxygens (including phenoxy) is 1. The fraction of sp³-hybridized carbons (Fsp3) is 0.583. The Bertz CT molecular complexity index is 247. The zero-order chi connectivity index (χ0) is 13.1. The predicted molar refractivity (Wildman–Crippen MR) is 70.7 cm³/mol. The highest BCUT2D eigenvalue weighted by Gasteiger charge is 2.01. The molecule has 0 saturated carbocycles. The van der Waals surface area contributed by atoms with E-state index in [-0.39, 0.29) is 0 Å². The standard InChI is InChI=1S/C10H19N3O.C2H6/c1-6-10(14-5)7-13(8(2)3)12-9(4)11;1-2/h7H,2,6H2,1,3-5H3,(H2,11,12);1-2H3/b10-7+;. The van der Waals surface area contributed by atoms with Crippen molar-refractivity contribution in [1.82, 2.24) is 5.01 Å². The van der Waals surface area contributed by atoms with Crippen LogP contribution < -0.4 is 5.73 Å². The number of nitrogens with zero attached hydrogens (tertiary/aromatic N) is 2. The molecule has 0 spiro atoms. The number of rotatable bonds is 5. The predicted octanol–water partition coefficient (Wildman–Crippen LogP) is 3.04. The van der Waals surface area contributed by atoms with Gasteiger partial charge in [0.2, 0.25) is 0 Å². The number of hydrogen-bond acceptors (Lipinski definition) is 3. The Hall–Kier alpha value is -1.45. The first kappa shape index (κ1) is 17.0. The van der Waals surface area contributed by atoms with Crippen molar-refractivity contribution >= 4 is 5.84 Å². The normalized spacial score (nSPS) is 11.4. The molecule has 0 amide bonds. The fourth-order valence-corrected chi connectivity index (χ4v) is 0.819. The first-order valence-electron chi connectivity index (χ1n) is 5.51. The summed E-state index contributed by atoms with van der Waals surface area (Å²) in [5.74, 6) is 1.31. The molecule has 2 N–H and O–H groups in total. The summed E-state index contributed by atoms with van der Waals surface area (Å²) in [6.07, 6.45) is 2.58. The van der Waals surface area contributed by atoms with E-state index in [0.717, 1.165) is 17.9 Å². The number of hydrogen-bond donors (Lipinski definition) is 1. The molecular weight excluding hydrogens is 202 g/mol. The Morgan fingerprint density at radius 1 is 1.44 bits per heavy atom. The Kier molecular flexibility index (Phi) is 10.7. The number of nitrogens with two attached hydrogens (primary N) is 1. The summed E-state index contributed by atoms with van der Waals surface area (Å²) < 4.78 is 5.13. The fourth-order valence-electron chi connectivity index (χ4n) is 0.819. The molecule has 4 nitrogen and oxygen atoms in total. The van der Waals surface area contributed by atoms with Gasteiger partial charge in [-0.1, -0.05) is 27.4 Å². The third-order valence-electron chi connectivity index (χ3n) is 1.53. The van der Waals surface area contributed by atoms with Gasteiger partial charge < -0.3 is 10.5 Å². The van der Waals surface area contributed by atoms with Crippen LogP contribution in [0.5, 0.6) is 0 Å². The van der Waals surface area contributed by atoms with Gasteiger partial charge in [-0.3, -0.25) is 0 Å². The maximum Gasteiger partial charge on any atom is 0.117 e. The second kappa shape index (κ2) is 10.1. The van der Waals surface area contributed by atoms with E-state index in [1.807, 2.05) is 27.7 Å². The van der Waals surface area contributed by atoms with E-state index in [4.69, 9.17) is 10.5 Å². The minimum Gasteiger partial charge on any atom is -0.500 e. The SMILES string of the molecule is C=C(C)N(/C=C(\CC)OC)/N=C(\C)N.CC. The highest BCUT2D eigenvalue weighted by atomic mass is 16.5.